The van der Waals surface area contributed by atoms with Gasteiger partial charge in [-0.3, -0.25) is 43.7 Å². The number of para-hydroxylation sites is 1. The van der Waals surface area contributed by atoms with Crippen LogP contribution in [0.15, 0.2) is 90.0 Å². The van der Waals surface area contributed by atoms with Gasteiger partial charge in [-0.05, 0) is 68.0 Å². The number of carbonyl (C=O) groups excluding carboxylic acids is 7. The summed E-state index contributed by atoms with van der Waals surface area (Å²) in [6.07, 6.45) is 7.96. The van der Waals surface area contributed by atoms with E-state index in [1.54, 1.807) is 6.20 Å². The van der Waals surface area contributed by atoms with E-state index < -0.39 is 88.3 Å². The second-order valence-electron chi connectivity index (χ2n) is 15.9. The number of ketones is 1. The number of aromatic carboxylic acids is 1. The number of likely N-dealkylation sites (tertiary alicyclic amines) is 1. The van der Waals surface area contributed by atoms with Crippen molar-refractivity contribution in [2.75, 3.05) is 26.0 Å². The van der Waals surface area contributed by atoms with E-state index in [-0.39, 0.29) is 55.5 Å². The Bertz CT molecular complexity index is 2580. The molecule has 2 aromatic heterocycles. The molecule has 1 fully saturated rings. The number of nitrogens with one attached hydrogen (secondary N) is 4. The molecule has 4 aromatic rings. The fraction of sp³-hybridized carbons (Fsp3) is 0.383. The Morgan fingerprint density at radius 1 is 0.985 bits per heavy atom. The summed E-state index contributed by atoms with van der Waals surface area (Å²) in [6, 6.07) is 12.6. The number of nitrogens with two attached hydrogens (primary N) is 1. The highest BCUT2D eigenvalue weighted by atomic mass is 16.6. The molecule has 21 heteroatoms. The lowest BCUT2D eigenvalue weighted by Crippen LogP contribution is -2.54. The van der Waals surface area contributed by atoms with Gasteiger partial charge in [0.2, 0.25) is 23.6 Å². The molecule has 7 N–H and O–H groups in total. The Labute approximate surface area is 390 Å². The number of nitrogens with zero attached hydrogens (tertiary/aromatic N) is 3. The summed E-state index contributed by atoms with van der Waals surface area (Å²) in [5.41, 5.74) is 5.82. The molecule has 1 aliphatic heterocycles. The van der Waals surface area contributed by atoms with Crippen LogP contribution in [-0.2, 0) is 46.5 Å². The van der Waals surface area contributed by atoms with Gasteiger partial charge in [-0.15, -0.1) is 0 Å². The van der Waals surface area contributed by atoms with Crippen molar-refractivity contribution in [3.8, 4) is 0 Å². The third-order valence-corrected chi connectivity index (χ3v) is 11.1. The predicted molar refractivity (Wildman–Crippen MR) is 248 cm³/mol. The molecule has 5 rings (SSSR count). The number of Topliss-reactive ketones (excluding diaryl/α,β-unsaturated/α-hetero) is 1. The number of hydrogen-bond acceptors (Lipinski definition) is 12. The molecule has 5 amide bonds. The molecule has 4 atom stereocenters. The average Bonchev–Trinajstić information content (AvgIpc) is 3.97. The number of amides is 5. The quantitative estimate of drug-likeness (QED) is 0.0286. The van der Waals surface area contributed by atoms with Crippen molar-refractivity contribution in [2.45, 2.75) is 89.4 Å². The van der Waals surface area contributed by atoms with Gasteiger partial charge < -0.3 is 46.0 Å². The summed E-state index contributed by atoms with van der Waals surface area (Å²) in [5, 5.41) is 27.3. The maximum atomic E-state index is 14.0. The van der Waals surface area contributed by atoms with E-state index in [1.165, 1.54) is 60.7 Å². The smallest absolute Gasteiger partial charge is 0.336 e. The first-order valence-corrected chi connectivity index (χ1v) is 21.9. The number of carbonyl (C=O) groups is 8. The zero-order valence-corrected chi connectivity index (χ0v) is 37.9. The van der Waals surface area contributed by atoms with E-state index in [0.29, 0.717) is 25.7 Å². The average molecular weight is 941 g/mol. The molecule has 0 radical (unpaired) electrons. The number of carboxylic acid groups (broad SMARTS) is 1. The lowest BCUT2D eigenvalue weighted by atomic mass is 9.91. The largest absolute Gasteiger partial charge is 0.478 e. The van der Waals surface area contributed by atoms with Crippen molar-refractivity contribution < 1.29 is 53.1 Å². The number of aromatic nitrogens is 2. The number of esters is 1. The van der Waals surface area contributed by atoms with Crippen LogP contribution in [0, 0.1) is 16.0 Å². The normalized spacial score (nSPS) is 14.5. The maximum absolute atomic E-state index is 14.0. The maximum Gasteiger partial charge on any atom is 0.336 e. The lowest BCUT2D eigenvalue weighted by Gasteiger charge is -2.28. The molecule has 1 aliphatic rings. The molecule has 0 aliphatic carbocycles. The molecule has 0 saturated carbocycles. The number of aromatic amines is 1. The number of nitro groups is 1. The van der Waals surface area contributed by atoms with Gasteiger partial charge >= 0.3 is 11.9 Å². The Morgan fingerprint density at radius 2 is 1.68 bits per heavy atom. The van der Waals surface area contributed by atoms with E-state index in [0.717, 1.165) is 34.2 Å². The van der Waals surface area contributed by atoms with Crippen LogP contribution in [0.25, 0.3) is 10.9 Å². The SMILES string of the molecule is CCCC[C@H](CC(=O)[C@H](CC/C=C/C(=O)OC)NC(=O)c1ccccc1C(=O)O)C(=O)Nc1cccn(CC(=O)N[C@@H](Cc2c[nH]c3ccccc23)C(=O)N2CCC[C@H]2C(N)=O)c1=O.C[N+](=O)[O-]. The second kappa shape index (κ2) is 25.7. The number of carboxylic acids is 1. The fourth-order valence-corrected chi connectivity index (χ4v) is 7.72. The van der Waals surface area contributed by atoms with Gasteiger partial charge in [0.25, 0.3) is 11.5 Å². The van der Waals surface area contributed by atoms with Crippen molar-refractivity contribution in [2.24, 2.45) is 11.7 Å². The van der Waals surface area contributed by atoms with Gasteiger partial charge in [-0.1, -0.05) is 56.2 Å². The number of rotatable bonds is 22. The zero-order chi connectivity index (χ0) is 49.9. The van der Waals surface area contributed by atoms with Gasteiger partial charge in [-0.25, -0.2) is 9.59 Å². The zero-order valence-electron chi connectivity index (χ0n) is 37.9. The monoisotopic (exact) mass is 940 g/mol. The van der Waals surface area contributed by atoms with Crippen LogP contribution in [0.2, 0.25) is 0 Å². The first kappa shape index (κ1) is 52.7. The third-order valence-electron chi connectivity index (χ3n) is 11.1. The minimum Gasteiger partial charge on any atom is -0.478 e. The van der Waals surface area contributed by atoms with E-state index in [4.69, 9.17) is 15.8 Å². The van der Waals surface area contributed by atoms with Crippen LogP contribution in [0.4, 0.5) is 5.69 Å². The van der Waals surface area contributed by atoms with Gasteiger partial charge in [0.15, 0.2) is 12.8 Å². The summed E-state index contributed by atoms with van der Waals surface area (Å²) < 4.78 is 5.67. The number of primary amides is 1. The molecule has 2 aromatic carbocycles. The predicted octanol–water partition coefficient (Wildman–Crippen LogP) is 3.14. The van der Waals surface area contributed by atoms with Crippen LogP contribution in [-0.4, -0.2) is 111 Å². The molecule has 68 heavy (non-hydrogen) atoms. The molecule has 21 nitrogen and oxygen atoms in total. The molecular formula is C47H56N8O13. The van der Waals surface area contributed by atoms with E-state index >= 15 is 0 Å². The topological polar surface area (TPSA) is 312 Å². The molecule has 0 bridgehead atoms. The fourth-order valence-electron chi connectivity index (χ4n) is 7.72. The lowest BCUT2D eigenvalue weighted by molar-refractivity contribution is -0.445. The number of allylic oxidation sites excluding steroid dienone is 1. The standard InChI is InChI=1S/C46H53N7O11.CH3NO2/c1-3-4-13-28(25-38(54)34(18-9-10-21-40(56)64-2)50-43(59)31-15-5-6-16-32(31)46(62)63)42(58)51-35-19-11-22-52(44(35)60)27-39(55)49-36(45(61)53-23-12-20-37(53)41(47)57)24-29-26-48-33-17-8-7-14-30(29)33;1-2(3)4/h5-8,10-11,14-17,19,21-22,26,28,34,36-37,48H,3-4,9,12-13,18,20,23-25,27H2,1-2H3,(H2,47,57)(H,49,55)(H,50,59)(H,51,58)(H,62,63);1H3/b21-10+;/t28-,34+,36+,37+;/m1./s1. The number of ether oxygens (including phenoxy) is 1. The van der Waals surface area contributed by atoms with Crippen molar-refractivity contribution in [3.63, 3.8) is 0 Å². The van der Waals surface area contributed by atoms with Crippen molar-refractivity contribution in [1.29, 1.82) is 0 Å². The number of pyridine rings is 1. The van der Waals surface area contributed by atoms with E-state index in [9.17, 15) is 48.3 Å². The molecule has 362 valence electrons. The summed E-state index contributed by atoms with van der Waals surface area (Å²) in [7, 11) is 2.09. The third kappa shape index (κ3) is 15.0. The Morgan fingerprint density at radius 3 is 2.35 bits per heavy atom. The van der Waals surface area contributed by atoms with Crippen LogP contribution in [0.1, 0.15) is 84.6 Å². The van der Waals surface area contributed by atoms with E-state index in [2.05, 4.69) is 25.7 Å². The number of H-pyrrole nitrogens is 1. The summed E-state index contributed by atoms with van der Waals surface area (Å²) in [5.74, 6) is -6.79. The van der Waals surface area contributed by atoms with Gasteiger partial charge in [0.05, 0.1) is 24.3 Å². The summed E-state index contributed by atoms with van der Waals surface area (Å²) in [6.45, 7) is 1.64. The molecule has 0 unspecified atom stereocenters. The van der Waals surface area contributed by atoms with Gasteiger partial charge in [0.1, 0.15) is 24.3 Å². The molecular weight excluding hydrogens is 885 g/mol. The van der Waals surface area contributed by atoms with Crippen molar-refractivity contribution >= 4 is 63.8 Å². The van der Waals surface area contributed by atoms with Crippen LogP contribution < -0.4 is 27.2 Å². The Kier molecular flexibility index (Phi) is 19.9. The molecule has 3 heterocycles. The number of hydrogen-bond donors (Lipinski definition) is 6. The number of unbranched alkanes of at least 4 members (excludes halogenated alkanes) is 1. The highest BCUT2D eigenvalue weighted by molar-refractivity contribution is 6.06. The number of anilines is 1. The molecule has 0 spiro atoms. The van der Waals surface area contributed by atoms with E-state index in [1.807, 2.05) is 31.2 Å². The van der Waals surface area contributed by atoms with Gasteiger partial charge in [-0.2, -0.15) is 0 Å². The van der Waals surface area contributed by atoms with Crippen LogP contribution in [0.3, 0.4) is 0 Å². The highest BCUT2D eigenvalue weighted by Crippen LogP contribution is 2.23. The second-order valence-corrected chi connectivity index (χ2v) is 15.9. The minimum absolute atomic E-state index is 0.00112. The van der Waals surface area contributed by atoms with Crippen LogP contribution >= 0.6 is 0 Å². The summed E-state index contributed by atoms with van der Waals surface area (Å²) in [4.78, 5) is 131. The van der Waals surface area contributed by atoms with Gasteiger partial charge in [0, 0.05) is 59.6 Å². The number of benzene rings is 2. The Balaban J connectivity index is 0.00000242. The Hall–Kier alpha value is -7.97. The number of fused-ring (bicyclic) bond motifs is 1. The van der Waals surface area contributed by atoms with Crippen molar-refractivity contribution in [3.05, 3.63) is 122 Å². The van der Waals surface area contributed by atoms with Crippen LogP contribution in [0.5, 0.6) is 0 Å². The summed E-state index contributed by atoms with van der Waals surface area (Å²) >= 11 is 0. The highest BCUT2D eigenvalue weighted by Gasteiger charge is 2.37. The van der Waals surface area contributed by atoms with Crippen molar-refractivity contribution in [1.82, 2.24) is 25.1 Å². The molecule has 1 saturated heterocycles. The first-order chi connectivity index (χ1) is 32.4. The first-order valence-electron chi connectivity index (χ1n) is 21.9. The minimum atomic E-state index is -1.34. The number of methoxy groups -OCH3 is 1.